The minimum Gasteiger partial charge on any atom is -0.456 e. The van der Waals surface area contributed by atoms with Crippen LogP contribution in [0.1, 0.15) is 0 Å². The van der Waals surface area contributed by atoms with Crippen molar-refractivity contribution in [2.45, 2.75) is 0 Å². The Balaban J connectivity index is 1.41. The minimum absolute atomic E-state index is 0.885. The quantitative estimate of drug-likeness (QED) is 0.314. The summed E-state index contributed by atoms with van der Waals surface area (Å²) in [7, 11) is 0. The molecule has 1 heterocycles. The third-order valence-electron chi connectivity index (χ3n) is 5.87. The second-order valence-corrected chi connectivity index (χ2v) is 7.93. The van der Waals surface area contributed by atoms with Crippen LogP contribution in [0.3, 0.4) is 0 Å². The van der Waals surface area contributed by atoms with Crippen molar-refractivity contribution >= 4 is 33.3 Å². The van der Waals surface area contributed by atoms with Crippen molar-refractivity contribution in [2.24, 2.45) is 0 Å². The number of hydrogen-bond acceptors (Lipinski definition) is 2. The predicted molar refractivity (Wildman–Crippen MR) is 134 cm³/mol. The van der Waals surface area contributed by atoms with Crippen molar-refractivity contribution < 1.29 is 4.42 Å². The highest BCUT2D eigenvalue weighted by atomic mass is 16.3. The molecule has 0 aliphatic rings. The molecule has 0 unspecified atom stereocenters. The largest absolute Gasteiger partial charge is 0.456 e. The summed E-state index contributed by atoms with van der Waals surface area (Å²) in [5.41, 5.74) is 8.67. The van der Waals surface area contributed by atoms with E-state index < -0.39 is 0 Å². The Morgan fingerprint density at radius 1 is 0.469 bits per heavy atom. The van der Waals surface area contributed by atoms with Crippen LogP contribution in [0.5, 0.6) is 0 Å². The first-order chi connectivity index (χ1) is 15.8. The normalized spacial score (nSPS) is 11.1. The van der Waals surface area contributed by atoms with E-state index in [4.69, 9.17) is 4.42 Å². The van der Waals surface area contributed by atoms with Gasteiger partial charge in [0.15, 0.2) is 0 Å². The molecule has 0 saturated heterocycles. The molecule has 0 aliphatic heterocycles. The molecule has 6 aromatic rings. The van der Waals surface area contributed by atoms with Gasteiger partial charge in [-0.2, -0.15) is 0 Å². The first kappa shape index (κ1) is 18.5. The fourth-order valence-electron chi connectivity index (χ4n) is 4.27. The van der Waals surface area contributed by atoms with E-state index in [1.54, 1.807) is 0 Å². The van der Waals surface area contributed by atoms with E-state index in [-0.39, 0.29) is 0 Å². The first-order valence-electron chi connectivity index (χ1n) is 10.8. The number of benzene rings is 5. The highest BCUT2D eigenvalue weighted by Crippen LogP contribution is 2.37. The van der Waals surface area contributed by atoms with Crippen LogP contribution in [0.2, 0.25) is 0 Å². The van der Waals surface area contributed by atoms with Crippen molar-refractivity contribution in [1.29, 1.82) is 0 Å². The molecule has 6 rings (SSSR count). The number of fused-ring (bicyclic) bond motifs is 3. The summed E-state index contributed by atoms with van der Waals surface area (Å²) in [4.78, 5) is 0. The molecule has 0 aliphatic carbocycles. The lowest BCUT2D eigenvalue weighted by Gasteiger charge is -2.09. The van der Waals surface area contributed by atoms with Crippen LogP contribution < -0.4 is 5.32 Å². The zero-order chi connectivity index (χ0) is 21.3. The summed E-state index contributed by atoms with van der Waals surface area (Å²) in [5, 5.41) is 5.82. The van der Waals surface area contributed by atoms with E-state index in [0.29, 0.717) is 0 Å². The van der Waals surface area contributed by atoms with Gasteiger partial charge in [-0.1, -0.05) is 84.9 Å². The van der Waals surface area contributed by atoms with Crippen LogP contribution in [-0.2, 0) is 0 Å². The number of rotatable bonds is 4. The van der Waals surface area contributed by atoms with Crippen molar-refractivity contribution in [3.05, 3.63) is 121 Å². The maximum absolute atomic E-state index is 6.16. The van der Waals surface area contributed by atoms with Crippen molar-refractivity contribution in [2.75, 3.05) is 5.32 Å². The van der Waals surface area contributed by atoms with Gasteiger partial charge in [0.2, 0.25) is 0 Å². The third kappa shape index (κ3) is 3.32. The maximum atomic E-state index is 6.16. The molecule has 0 amide bonds. The lowest BCUT2D eigenvalue weighted by molar-refractivity contribution is 0.669. The molecule has 1 aromatic heterocycles. The zero-order valence-corrected chi connectivity index (χ0v) is 17.5. The standard InChI is InChI=1S/C30H21NO/c1-3-8-21(9-4-1)23-14-17-25(18-15-23)31-27-12-7-13-29-30(27)26-20-24(16-19-28(26)32-29)22-10-5-2-6-11-22/h1-20,31H. The van der Waals surface area contributed by atoms with Crippen molar-refractivity contribution in [1.82, 2.24) is 0 Å². The van der Waals surface area contributed by atoms with E-state index >= 15 is 0 Å². The highest BCUT2D eigenvalue weighted by Gasteiger charge is 2.12. The lowest BCUT2D eigenvalue weighted by Crippen LogP contribution is -1.91. The molecule has 0 fully saturated rings. The topological polar surface area (TPSA) is 25.2 Å². The van der Waals surface area contributed by atoms with Gasteiger partial charge in [0, 0.05) is 11.1 Å². The molecule has 2 heteroatoms. The van der Waals surface area contributed by atoms with Crippen LogP contribution >= 0.6 is 0 Å². The van der Waals surface area contributed by atoms with E-state index in [1.807, 2.05) is 24.3 Å². The molecular formula is C30H21NO. The molecule has 2 nitrogen and oxygen atoms in total. The highest BCUT2D eigenvalue weighted by molar-refractivity contribution is 6.13. The van der Waals surface area contributed by atoms with Gasteiger partial charge in [0.25, 0.3) is 0 Å². The Hall–Kier alpha value is -4.30. The molecule has 0 saturated carbocycles. The van der Waals surface area contributed by atoms with Crippen molar-refractivity contribution in [3.8, 4) is 22.3 Å². The molecule has 0 spiro atoms. The van der Waals surface area contributed by atoms with Crippen LogP contribution in [0.25, 0.3) is 44.2 Å². The summed E-state index contributed by atoms with van der Waals surface area (Å²) in [5.74, 6) is 0. The molecule has 0 bridgehead atoms. The number of furan rings is 1. The summed E-state index contributed by atoms with van der Waals surface area (Å²) in [6, 6.07) is 42.0. The minimum atomic E-state index is 0.885. The van der Waals surface area contributed by atoms with Gasteiger partial charge in [0.1, 0.15) is 11.2 Å². The SMILES string of the molecule is c1ccc(-c2ccc(Nc3cccc4oc5ccc(-c6ccccc6)cc5c34)cc2)cc1. The second kappa shape index (κ2) is 7.75. The van der Waals surface area contributed by atoms with Crippen LogP contribution in [0.15, 0.2) is 126 Å². The second-order valence-electron chi connectivity index (χ2n) is 7.93. The van der Waals surface area contributed by atoms with E-state index in [9.17, 15) is 0 Å². The molecule has 0 radical (unpaired) electrons. The number of hydrogen-bond donors (Lipinski definition) is 1. The summed E-state index contributed by atoms with van der Waals surface area (Å²) in [6.07, 6.45) is 0. The Labute approximate surface area is 186 Å². The van der Waals surface area contributed by atoms with Gasteiger partial charge in [0.05, 0.1) is 11.1 Å². The average Bonchev–Trinajstić information content (AvgIpc) is 3.24. The van der Waals surface area contributed by atoms with Gasteiger partial charge in [-0.25, -0.2) is 0 Å². The van der Waals surface area contributed by atoms with E-state index in [0.717, 1.165) is 33.3 Å². The van der Waals surface area contributed by atoms with Gasteiger partial charge in [-0.3, -0.25) is 0 Å². The van der Waals surface area contributed by atoms with Gasteiger partial charge in [-0.15, -0.1) is 0 Å². The zero-order valence-electron chi connectivity index (χ0n) is 17.5. The smallest absolute Gasteiger partial charge is 0.137 e. The number of nitrogens with one attached hydrogen (secondary N) is 1. The van der Waals surface area contributed by atoms with Crippen LogP contribution in [-0.4, -0.2) is 0 Å². The molecule has 5 aromatic carbocycles. The first-order valence-corrected chi connectivity index (χ1v) is 10.8. The Morgan fingerprint density at radius 2 is 1.09 bits per heavy atom. The van der Waals surface area contributed by atoms with Gasteiger partial charge in [-0.05, 0) is 58.7 Å². The van der Waals surface area contributed by atoms with Crippen LogP contribution in [0.4, 0.5) is 11.4 Å². The molecular weight excluding hydrogens is 390 g/mol. The van der Waals surface area contributed by atoms with Crippen LogP contribution in [0, 0.1) is 0 Å². The summed E-state index contributed by atoms with van der Waals surface area (Å²) < 4.78 is 6.16. The van der Waals surface area contributed by atoms with E-state index in [2.05, 4.69) is 102 Å². The Kier molecular flexibility index (Phi) is 4.47. The predicted octanol–water partition coefficient (Wildman–Crippen LogP) is 8.66. The molecule has 1 N–H and O–H groups in total. The molecule has 0 atom stereocenters. The summed E-state index contributed by atoms with van der Waals surface area (Å²) >= 11 is 0. The third-order valence-corrected chi connectivity index (χ3v) is 5.87. The fourth-order valence-corrected chi connectivity index (χ4v) is 4.27. The summed E-state index contributed by atoms with van der Waals surface area (Å²) in [6.45, 7) is 0. The van der Waals surface area contributed by atoms with Crippen molar-refractivity contribution in [3.63, 3.8) is 0 Å². The number of anilines is 2. The Morgan fingerprint density at radius 3 is 1.81 bits per heavy atom. The maximum Gasteiger partial charge on any atom is 0.137 e. The lowest BCUT2D eigenvalue weighted by atomic mass is 10.0. The van der Waals surface area contributed by atoms with Gasteiger partial charge >= 0.3 is 0 Å². The van der Waals surface area contributed by atoms with E-state index in [1.165, 1.54) is 22.3 Å². The van der Waals surface area contributed by atoms with Gasteiger partial charge < -0.3 is 9.73 Å². The molecule has 152 valence electrons. The fraction of sp³-hybridized carbons (Fsp3) is 0. The molecule has 32 heavy (non-hydrogen) atoms. The monoisotopic (exact) mass is 411 g/mol. The Bertz CT molecular complexity index is 1510. The average molecular weight is 412 g/mol.